The first-order valence-electron chi connectivity index (χ1n) is 14.9. The van der Waals surface area contributed by atoms with Crippen LogP contribution in [-0.4, -0.2) is 63.6 Å². The van der Waals surface area contributed by atoms with Crippen LogP contribution in [0.5, 0.6) is 0 Å². The highest BCUT2D eigenvalue weighted by Crippen LogP contribution is 2.31. The van der Waals surface area contributed by atoms with Gasteiger partial charge in [0.2, 0.25) is 5.91 Å². The Kier molecular flexibility index (Phi) is 8.69. The number of aromatic nitrogens is 2. The minimum Gasteiger partial charge on any atom is -0.339 e. The monoisotopic (exact) mass is 541 g/mol. The average Bonchev–Trinajstić information content (AvgIpc) is 3.38. The lowest BCUT2D eigenvalue weighted by Gasteiger charge is -2.42. The van der Waals surface area contributed by atoms with E-state index in [-0.39, 0.29) is 17.7 Å². The fourth-order valence-electron chi connectivity index (χ4n) is 5.96. The SMILES string of the molecule is CCCCC(C)N1CC(C(=O)Nc2cc(C(=O)N3CCC(c4ccc(-c5cnn(C)c5)cc4)CC3)ccc2C)C1. The number of hydrogen-bond acceptors (Lipinski definition) is 4. The van der Waals surface area contributed by atoms with Gasteiger partial charge in [-0.15, -0.1) is 0 Å². The molecule has 2 aliphatic heterocycles. The molecule has 0 saturated carbocycles. The van der Waals surface area contributed by atoms with E-state index in [1.807, 2.05) is 54.1 Å². The summed E-state index contributed by atoms with van der Waals surface area (Å²) in [5.41, 5.74) is 5.98. The molecule has 7 nitrogen and oxygen atoms in total. The highest BCUT2D eigenvalue weighted by Gasteiger charge is 2.35. The van der Waals surface area contributed by atoms with E-state index in [0.717, 1.165) is 55.8 Å². The van der Waals surface area contributed by atoms with Crippen molar-refractivity contribution in [3.63, 3.8) is 0 Å². The van der Waals surface area contributed by atoms with Crippen molar-refractivity contribution in [2.24, 2.45) is 13.0 Å². The Bertz CT molecular complexity index is 1320. The molecule has 2 aromatic carbocycles. The van der Waals surface area contributed by atoms with Crippen LogP contribution < -0.4 is 5.32 Å². The number of nitrogens with one attached hydrogen (secondary N) is 1. The fourth-order valence-corrected chi connectivity index (χ4v) is 5.96. The third-order valence-corrected chi connectivity index (χ3v) is 8.82. The van der Waals surface area contributed by atoms with Crippen molar-refractivity contribution in [2.75, 3.05) is 31.5 Å². The molecule has 0 spiro atoms. The van der Waals surface area contributed by atoms with E-state index in [4.69, 9.17) is 0 Å². The van der Waals surface area contributed by atoms with Gasteiger partial charge < -0.3 is 10.2 Å². The summed E-state index contributed by atoms with van der Waals surface area (Å²) in [5.74, 6) is 0.564. The van der Waals surface area contributed by atoms with Crippen molar-refractivity contribution < 1.29 is 9.59 Å². The van der Waals surface area contributed by atoms with Gasteiger partial charge in [-0.05, 0) is 67.9 Å². The van der Waals surface area contributed by atoms with Gasteiger partial charge >= 0.3 is 0 Å². The van der Waals surface area contributed by atoms with Crippen molar-refractivity contribution in [1.29, 1.82) is 0 Å². The minimum absolute atomic E-state index is 0.0142. The summed E-state index contributed by atoms with van der Waals surface area (Å²) in [7, 11) is 1.93. The van der Waals surface area contributed by atoms with Crippen molar-refractivity contribution in [1.82, 2.24) is 19.6 Å². The Hall–Kier alpha value is -3.45. The van der Waals surface area contributed by atoms with Crippen LogP contribution in [0.3, 0.4) is 0 Å². The summed E-state index contributed by atoms with van der Waals surface area (Å²) >= 11 is 0. The fraction of sp³-hybridized carbons (Fsp3) is 0.485. The summed E-state index contributed by atoms with van der Waals surface area (Å²) in [6, 6.07) is 15.0. The number of carbonyl (C=O) groups is 2. The van der Waals surface area contributed by atoms with Crippen LogP contribution in [0.4, 0.5) is 5.69 Å². The van der Waals surface area contributed by atoms with Crippen LogP contribution in [0.25, 0.3) is 11.1 Å². The lowest BCUT2D eigenvalue weighted by Crippen LogP contribution is -2.55. The Morgan fingerprint density at radius 2 is 1.77 bits per heavy atom. The maximum atomic E-state index is 13.4. The van der Waals surface area contributed by atoms with E-state index >= 15 is 0 Å². The zero-order valence-electron chi connectivity index (χ0n) is 24.4. The summed E-state index contributed by atoms with van der Waals surface area (Å²) < 4.78 is 1.82. The van der Waals surface area contributed by atoms with E-state index in [1.165, 1.54) is 30.4 Å². The molecule has 2 amide bonds. The number of likely N-dealkylation sites (tertiary alicyclic amines) is 2. The number of hydrogen-bond donors (Lipinski definition) is 1. The average molecular weight is 542 g/mol. The van der Waals surface area contributed by atoms with Gasteiger partial charge in [-0.25, -0.2) is 0 Å². The van der Waals surface area contributed by atoms with Gasteiger partial charge in [0, 0.05) is 62.3 Å². The number of anilines is 1. The van der Waals surface area contributed by atoms with E-state index < -0.39 is 0 Å². The third-order valence-electron chi connectivity index (χ3n) is 8.82. The molecule has 40 heavy (non-hydrogen) atoms. The van der Waals surface area contributed by atoms with Gasteiger partial charge in [-0.2, -0.15) is 5.10 Å². The topological polar surface area (TPSA) is 70.5 Å². The molecule has 3 aromatic rings. The molecule has 0 aliphatic carbocycles. The number of aryl methyl sites for hydroxylation is 2. The van der Waals surface area contributed by atoms with Crippen LogP contribution in [0, 0.1) is 12.8 Å². The number of unbranched alkanes of at least 4 members (excludes halogenated alkanes) is 1. The molecule has 3 heterocycles. The van der Waals surface area contributed by atoms with Crippen LogP contribution in [0.15, 0.2) is 54.9 Å². The summed E-state index contributed by atoms with van der Waals surface area (Å²) in [4.78, 5) is 30.7. The number of rotatable bonds is 9. The minimum atomic E-state index is 0.0142. The lowest BCUT2D eigenvalue weighted by molar-refractivity contribution is -0.125. The van der Waals surface area contributed by atoms with Gasteiger partial charge in [-0.1, -0.05) is 50.1 Å². The first-order chi connectivity index (χ1) is 19.3. The van der Waals surface area contributed by atoms with Crippen LogP contribution in [-0.2, 0) is 11.8 Å². The number of amides is 2. The number of piperidine rings is 1. The molecule has 1 unspecified atom stereocenters. The second-order valence-electron chi connectivity index (χ2n) is 11.8. The highest BCUT2D eigenvalue weighted by atomic mass is 16.2. The Morgan fingerprint density at radius 1 is 1.05 bits per heavy atom. The molecule has 1 aromatic heterocycles. The molecule has 0 radical (unpaired) electrons. The standard InChI is InChI=1S/C33H43N5O2/c1-5-6-7-24(3)38-21-30(22-38)32(39)35-31-18-28(9-8-23(31)2)33(40)37-16-14-27(15-17-37)25-10-12-26(13-11-25)29-19-34-36(4)20-29/h8-13,18-20,24,27,30H,5-7,14-17,21-22H2,1-4H3,(H,35,39). The van der Waals surface area contributed by atoms with E-state index in [0.29, 0.717) is 17.5 Å². The van der Waals surface area contributed by atoms with E-state index in [9.17, 15) is 9.59 Å². The Balaban J connectivity index is 1.14. The summed E-state index contributed by atoms with van der Waals surface area (Å²) in [6.07, 6.45) is 9.42. The molecule has 5 rings (SSSR count). The molecule has 0 bridgehead atoms. The van der Waals surface area contributed by atoms with Gasteiger partial charge in [0.25, 0.3) is 5.91 Å². The smallest absolute Gasteiger partial charge is 0.253 e. The number of nitrogens with zero attached hydrogens (tertiary/aromatic N) is 4. The molecule has 1 N–H and O–H groups in total. The van der Waals surface area contributed by atoms with Crippen LogP contribution in [0.2, 0.25) is 0 Å². The predicted molar refractivity (Wildman–Crippen MR) is 160 cm³/mol. The normalized spacial score (nSPS) is 17.4. The molecule has 2 aliphatic rings. The third kappa shape index (κ3) is 6.30. The zero-order valence-corrected chi connectivity index (χ0v) is 24.4. The summed E-state index contributed by atoms with van der Waals surface area (Å²) in [6.45, 7) is 9.55. The zero-order chi connectivity index (χ0) is 28.2. The van der Waals surface area contributed by atoms with E-state index in [2.05, 4.69) is 53.4 Å². The Morgan fingerprint density at radius 3 is 2.42 bits per heavy atom. The molecule has 7 heteroatoms. The van der Waals surface area contributed by atoms with Gasteiger partial charge in [0.05, 0.1) is 12.1 Å². The second-order valence-corrected chi connectivity index (χ2v) is 11.8. The van der Waals surface area contributed by atoms with Crippen LogP contribution in [0.1, 0.15) is 73.4 Å². The van der Waals surface area contributed by atoms with Gasteiger partial charge in [0.1, 0.15) is 0 Å². The first-order valence-corrected chi connectivity index (χ1v) is 14.9. The highest BCUT2D eigenvalue weighted by molar-refractivity contribution is 5.98. The van der Waals surface area contributed by atoms with Gasteiger partial charge in [0.15, 0.2) is 0 Å². The van der Waals surface area contributed by atoms with Crippen molar-refractivity contribution in [3.8, 4) is 11.1 Å². The Labute approximate surface area is 238 Å². The molecule has 2 fully saturated rings. The quantitative estimate of drug-likeness (QED) is 0.368. The predicted octanol–water partition coefficient (Wildman–Crippen LogP) is 5.86. The van der Waals surface area contributed by atoms with Crippen molar-refractivity contribution in [2.45, 2.75) is 64.8 Å². The molecule has 2 saturated heterocycles. The van der Waals surface area contributed by atoms with Crippen molar-refractivity contribution in [3.05, 3.63) is 71.5 Å². The molecule has 212 valence electrons. The first kappa shape index (κ1) is 28.1. The molecule has 1 atom stereocenters. The molecular formula is C33H43N5O2. The summed E-state index contributed by atoms with van der Waals surface area (Å²) in [5, 5.41) is 7.38. The number of benzene rings is 2. The van der Waals surface area contributed by atoms with Gasteiger partial charge in [-0.3, -0.25) is 19.2 Å². The van der Waals surface area contributed by atoms with E-state index in [1.54, 1.807) is 0 Å². The number of carbonyl (C=O) groups excluding carboxylic acids is 2. The maximum absolute atomic E-state index is 13.4. The lowest BCUT2D eigenvalue weighted by atomic mass is 9.88. The molecular weight excluding hydrogens is 498 g/mol. The second kappa shape index (κ2) is 12.4. The largest absolute Gasteiger partial charge is 0.339 e. The van der Waals surface area contributed by atoms with Crippen LogP contribution >= 0.6 is 0 Å². The van der Waals surface area contributed by atoms with Crippen molar-refractivity contribution >= 4 is 17.5 Å². The maximum Gasteiger partial charge on any atom is 0.253 e.